The van der Waals surface area contributed by atoms with Crippen molar-refractivity contribution in [3.8, 4) is 11.5 Å². The molecule has 1 amide bonds. The summed E-state index contributed by atoms with van der Waals surface area (Å²) in [7, 11) is 0.00915. The molecular weight excluding hydrogens is 448 g/mol. The molecule has 2 heterocycles. The molecule has 1 aromatic carbocycles. The van der Waals surface area contributed by atoms with Gasteiger partial charge in [0.1, 0.15) is 11.5 Å². The number of rotatable bonds is 8. The highest BCUT2D eigenvalue weighted by Gasteiger charge is 2.29. The highest BCUT2D eigenvalue weighted by atomic mass is 32.2. The molecule has 12 heteroatoms. The molecule has 9 nitrogen and oxygen atoms in total. The van der Waals surface area contributed by atoms with Crippen LogP contribution in [-0.2, 0) is 20.6 Å². The fourth-order valence-electron chi connectivity index (χ4n) is 3.07. The number of nitrogens with zero attached hydrogens (tertiary/aromatic N) is 3. The monoisotopic (exact) mass is 472 g/mol. The first-order valence-electron chi connectivity index (χ1n) is 9.22. The third kappa shape index (κ3) is 6.06. The Kier molecular flexibility index (Phi) is 7.55. The molecule has 2 aromatic rings. The van der Waals surface area contributed by atoms with Gasteiger partial charge in [-0.2, -0.15) is 0 Å². The lowest BCUT2D eigenvalue weighted by Gasteiger charge is -2.29. The van der Waals surface area contributed by atoms with Gasteiger partial charge in [-0.15, -0.1) is 10.2 Å². The number of piperidine rings is 1. The third-order valence-electron chi connectivity index (χ3n) is 4.70. The zero-order valence-electron chi connectivity index (χ0n) is 17.0. The number of sulfonamides is 1. The van der Waals surface area contributed by atoms with Crippen LogP contribution in [0.15, 0.2) is 22.5 Å². The van der Waals surface area contributed by atoms with Gasteiger partial charge < -0.3 is 14.8 Å². The van der Waals surface area contributed by atoms with E-state index in [4.69, 9.17) is 9.47 Å². The predicted octanol–water partition coefficient (Wildman–Crippen LogP) is 2.46. The summed E-state index contributed by atoms with van der Waals surface area (Å²) in [6, 6.07) is 5.68. The maximum absolute atomic E-state index is 12.5. The SMILES string of the molecule is COc1cc(CSc2nnc(NC(=O)C3CCN(S(C)(=O)=O)CC3)s2)cc(OC)c1. The van der Waals surface area contributed by atoms with E-state index < -0.39 is 10.0 Å². The second kappa shape index (κ2) is 9.94. The first-order chi connectivity index (χ1) is 14.3. The van der Waals surface area contributed by atoms with Crippen molar-refractivity contribution >= 4 is 44.2 Å². The first-order valence-corrected chi connectivity index (χ1v) is 12.9. The van der Waals surface area contributed by atoms with Crippen LogP contribution in [0.1, 0.15) is 18.4 Å². The number of anilines is 1. The van der Waals surface area contributed by atoms with Crippen LogP contribution in [0.4, 0.5) is 5.13 Å². The molecule has 30 heavy (non-hydrogen) atoms. The fourth-order valence-corrected chi connectivity index (χ4v) is 5.63. The molecule has 0 spiro atoms. The van der Waals surface area contributed by atoms with Crippen LogP contribution in [0, 0.1) is 5.92 Å². The molecule has 0 unspecified atom stereocenters. The van der Waals surface area contributed by atoms with Crippen molar-refractivity contribution in [1.82, 2.24) is 14.5 Å². The van der Waals surface area contributed by atoms with E-state index >= 15 is 0 Å². The van der Waals surface area contributed by atoms with Crippen molar-refractivity contribution in [1.29, 1.82) is 0 Å². The van der Waals surface area contributed by atoms with Gasteiger partial charge >= 0.3 is 0 Å². The molecule has 1 N–H and O–H groups in total. The average molecular weight is 473 g/mol. The lowest BCUT2D eigenvalue weighted by atomic mass is 9.97. The molecule has 1 aliphatic rings. The van der Waals surface area contributed by atoms with Crippen LogP contribution < -0.4 is 14.8 Å². The Labute approximate surface area is 184 Å². The number of aromatic nitrogens is 2. The number of hydrogen-bond acceptors (Lipinski definition) is 9. The molecule has 0 saturated carbocycles. The number of ether oxygens (including phenoxy) is 2. The Morgan fingerprint density at radius 2 is 1.83 bits per heavy atom. The molecule has 0 radical (unpaired) electrons. The second-order valence-corrected chi connectivity index (χ2v) is 11.0. The molecule has 0 bridgehead atoms. The van der Waals surface area contributed by atoms with Crippen LogP contribution in [-0.4, -0.2) is 62.4 Å². The number of methoxy groups -OCH3 is 2. The second-order valence-electron chi connectivity index (χ2n) is 6.81. The molecule has 1 fully saturated rings. The van der Waals surface area contributed by atoms with Gasteiger partial charge in [0.15, 0.2) is 4.34 Å². The summed E-state index contributed by atoms with van der Waals surface area (Å²) in [6.07, 6.45) is 2.18. The highest BCUT2D eigenvalue weighted by molar-refractivity contribution is 8.00. The standard InChI is InChI=1S/C18H24N4O5S3/c1-26-14-8-12(9-15(10-14)27-2)11-28-18-21-20-17(29-18)19-16(23)13-4-6-22(7-5-13)30(3,24)25/h8-10,13H,4-7,11H2,1-3H3,(H,19,20,23). The van der Waals surface area contributed by atoms with E-state index in [1.165, 1.54) is 33.7 Å². The summed E-state index contributed by atoms with van der Waals surface area (Å²) in [5.74, 6) is 1.72. The summed E-state index contributed by atoms with van der Waals surface area (Å²) in [4.78, 5) is 12.5. The van der Waals surface area contributed by atoms with Crippen molar-refractivity contribution in [3.05, 3.63) is 23.8 Å². The minimum atomic E-state index is -3.21. The van der Waals surface area contributed by atoms with Gasteiger partial charge in [-0.1, -0.05) is 23.1 Å². The number of amides is 1. The Morgan fingerprint density at radius 1 is 1.20 bits per heavy atom. The van der Waals surface area contributed by atoms with E-state index in [0.717, 1.165) is 21.4 Å². The molecule has 1 saturated heterocycles. The smallest absolute Gasteiger partial charge is 0.229 e. The summed E-state index contributed by atoms with van der Waals surface area (Å²) in [6.45, 7) is 0.719. The van der Waals surface area contributed by atoms with Gasteiger partial charge in [0, 0.05) is 30.8 Å². The van der Waals surface area contributed by atoms with E-state index in [2.05, 4.69) is 15.5 Å². The maximum atomic E-state index is 12.5. The number of benzene rings is 1. The molecule has 1 aromatic heterocycles. The van der Waals surface area contributed by atoms with Crippen molar-refractivity contribution < 1.29 is 22.7 Å². The predicted molar refractivity (Wildman–Crippen MR) is 117 cm³/mol. The number of carbonyl (C=O) groups excluding carboxylic acids is 1. The van der Waals surface area contributed by atoms with Crippen LogP contribution in [0.25, 0.3) is 0 Å². The van der Waals surface area contributed by atoms with Gasteiger partial charge in [-0.05, 0) is 30.5 Å². The minimum Gasteiger partial charge on any atom is -0.497 e. The van der Waals surface area contributed by atoms with E-state index in [9.17, 15) is 13.2 Å². The third-order valence-corrected chi connectivity index (χ3v) is 8.05. The van der Waals surface area contributed by atoms with E-state index in [0.29, 0.717) is 36.8 Å². The highest BCUT2D eigenvalue weighted by Crippen LogP contribution is 2.31. The zero-order chi connectivity index (χ0) is 21.7. The molecule has 164 valence electrons. The van der Waals surface area contributed by atoms with E-state index in [-0.39, 0.29) is 11.8 Å². The van der Waals surface area contributed by atoms with Crippen LogP contribution in [0.3, 0.4) is 0 Å². The summed E-state index contributed by atoms with van der Waals surface area (Å²) in [5.41, 5.74) is 1.02. The van der Waals surface area contributed by atoms with Gasteiger partial charge in [-0.3, -0.25) is 4.79 Å². The quantitative estimate of drug-likeness (QED) is 0.461. The van der Waals surface area contributed by atoms with Gasteiger partial charge in [-0.25, -0.2) is 12.7 Å². The minimum absolute atomic E-state index is 0.145. The van der Waals surface area contributed by atoms with Gasteiger partial charge in [0.05, 0.1) is 20.5 Å². The zero-order valence-corrected chi connectivity index (χ0v) is 19.4. The summed E-state index contributed by atoms with van der Waals surface area (Å²) in [5, 5.41) is 11.4. The lowest BCUT2D eigenvalue weighted by Crippen LogP contribution is -2.40. The molecule has 0 atom stereocenters. The summed E-state index contributed by atoms with van der Waals surface area (Å²) >= 11 is 2.82. The van der Waals surface area contributed by atoms with E-state index in [1.54, 1.807) is 14.2 Å². The lowest BCUT2D eigenvalue weighted by molar-refractivity contribution is -0.120. The van der Waals surface area contributed by atoms with Crippen molar-refractivity contribution in [2.75, 3.05) is 38.9 Å². The Balaban J connectivity index is 1.52. The van der Waals surface area contributed by atoms with E-state index in [1.807, 2.05) is 18.2 Å². The number of thioether (sulfide) groups is 1. The largest absolute Gasteiger partial charge is 0.497 e. The van der Waals surface area contributed by atoms with Crippen LogP contribution in [0.5, 0.6) is 11.5 Å². The Bertz CT molecular complexity index is 965. The van der Waals surface area contributed by atoms with Crippen molar-refractivity contribution in [2.45, 2.75) is 22.9 Å². The molecular formula is C18H24N4O5S3. The topological polar surface area (TPSA) is 111 Å². The fraction of sp³-hybridized carbons (Fsp3) is 0.500. The molecule has 0 aliphatic carbocycles. The number of carbonyl (C=O) groups is 1. The van der Waals surface area contributed by atoms with Crippen LogP contribution in [0.2, 0.25) is 0 Å². The normalized spacial score (nSPS) is 15.7. The average Bonchev–Trinajstić information content (AvgIpc) is 3.18. The first kappa shape index (κ1) is 22.8. The molecule has 1 aliphatic heterocycles. The van der Waals surface area contributed by atoms with Crippen LogP contribution >= 0.6 is 23.1 Å². The number of nitrogens with one attached hydrogen (secondary N) is 1. The maximum Gasteiger partial charge on any atom is 0.229 e. The van der Waals surface area contributed by atoms with Gasteiger partial charge in [0.2, 0.25) is 21.1 Å². The Morgan fingerprint density at radius 3 is 2.40 bits per heavy atom. The van der Waals surface area contributed by atoms with Crippen molar-refractivity contribution in [2.24, 2.45) is 5.92 Å². The Hall–Kier alpha value is -1.89. The van der Waals surface area contributed by atoms with Crippen molar-refractivity contribution in [3.63, 3.8) is 0 Å². The summed E-state index contributed by atoms with van der Waals surface area (Å²) < 4.78 is 35.9. The number of hydrogen-bond donors (Lipinski definition) is 1. The van der Waals surface area contributed by atoms with Gasteiger partial charge in [0.25, 0.3) is 0 Å². The molecule has 3 rings (SSSR count).